The van der Waals surface area contributed by atoms with Crippen LogP contribution in [0.1, 0.15) is 24.0 Å². The van der Waals surface area contributed by atoms with Gasteiger partial charge in [0.05, 0.1) is 27.9 Å². The van der Waals surface area contributed by atoms with E-state index in [2.05, 4.69) is 5.32 Å². The standard InChI is InChI=1S/C23H19F3N2O3/c24-23(25,26)16-8-9-19(28-11-3-4-12-28)18(13-16)27-21(29)10-7-15-14-31-20-6-2-1-5-17(20)22(15)30/h1-2,5-10,13-14H,3-4,11-12H2,(H,27,29)/b10-7+. The third-order valence-corrected chi connectivity index (χ3v) is 5.15. The Morgan fingerprint density at radius 2 is 1.84 bits per heavy atom. The maximum absolute atomic E-state index is 13.2. The van der Waals surface area contributed by atoms with E-state index >= 15 is 0 Å². The van der Waals surface area contributed by atoms with Crippen LogP contribution in [0.2, 0.25) is 0 Å². The third-order valence-electron chi connectivity index (χ3n) is 5.15. The van der Waals surface area contributed by atoms with E-state index in [1.54, 1.807) is 24.3 Å². The van der Waals surface area contributed by atoms with Crippen LogP contribution in [0.4, 0.5) is 24.5 Å². The number of hydrogen-bond donors (Lipinski definition) is 1. The molecular weight excluding hydrogens is 409 g/mol. The Morgan fingerprint density at radius 3 is 2.58 bits per heavy atom. The summed E-state index contributed by atoms with van der Waals surface area (Å²) in [5.41, 5.74) is 0.0630. The summed E-state index contributed by atoms with van der Waals surface area (Å²) in [6.45, 7) is 1.42. The van der Waals surface area contributed by atoms with Gasteiger partial charge in [0.25, 0.3) is 0 Å². The summed E-state index contributed by atoms with van der Waals surface area (Å²) in [5.74, 6) is -0.646. The average Bonchev–Trinajstić information content (AvgIpc) is 3.27. The molecule has 0 spiro atoms. The molecule has 0 radical (unpaired) electrons. The first-order valence-electron chi connectivity index (χ1n) is 9.79. The third kappa shape index (κ3) is 4.47. The lowest BCUT2D eigenvalue weighted by Crippen LogP contribution is -2.21. The number of rotatable bonds is 4. The van der Waals surface area contributed by atoms with Gasteiger partial charge in [0, 0.05) is 19.2 Å². The quantitative estimate of drug-likeness (QED) is 0.590. The molecule has 1 amide bonds. The average molecular weight is 428 g/mol. The van der Waals surface area contributed by atoms with Crippen molar-refractivity contribution in [3.63, 3.8) is 0 Å². The van der Waals surface area contributed by atoms with E-state index in [0.29, 0.717) is 29.7 Å². The molecule has 0 unspecified atom stereocenters. The predicted octanol–water partition coefficient (Wildman–Crippen LogP) is 5.06. The van der Waals surface area contributed by atoms with Crippen LogP contribution >= 0.6 is 0 Å². The van der Waals surface area contributed by atoms with Gasteiger partial charge in [-0.1, -0.05) is 12.1 Å². The van der Waals surface area contributed by atoms with Gasteiger partial charge >= 0.3 is 6.18 Å². The smallest absolute Gasteiger partial charge is 0.416 e. The Labute approximate surface area is 175 Å². The largest absolute Gasteiger partial charge is 0.463 e. The van der Waals surface area contributed by atoms with Crippen molar-refractivity contribution in [1.29, 1.82) is 0 Å². The van der Waals surface area contributed by atoms with Crippen LogP contribution in [0.3, 0.4) is 0 Å². The summed E-state index contributed by atoms with van der Waals surface area (Å²) >= 11 is 0. The maximum atomic E-state index is 13.2. The van der Waals surface area contributed by atoms with Gasteiger partial charge in [-0.05, 0) is 49.2 Å². The number of amides is 1. The van der Waals surface area contributed by atoms with Gasteiger partial charge in [0.1, 0.15) is 11.8 Å². The fourth-order valence-corrected chi connectivity index (χ4v) is 3.59. The molecule has 0 aliphatic carbocycles. The Balaban J connectivity index is 1.60. The number of fused-ring (bicyclic) bond motifs is 1. The highest BCUT2D eigenvalue weighted by Gasteiger charge is 2.31. The minimum Gasteiger partial charge on any atom is -0.463 e. The zero-order valence-corrected chi connectivity index (χ0v) is 16.4. The Kier molecular flexibility index (Phi) is 5.54. The van der Waals surface area contributed by atoms with Crippen molar-refractivity contribution in [1.82, 2.24) is 0 Å². The molecular formula is C23H19F3N2O3. The molecule has 5 nitrogen and oxygen atoms in total. The van der Waals surface area contributed by atoms with Crippen molar-refractivity contribution >= 4 is 34.3 Å². The molecule has 2 aromatic carbocycles. The number of benzene rings is 2. The van der Waals surface area contributed by atoms with E-state index in [0.717, 1.165) is 31.1 Å². The number of nitrogens with zero attached hydrogens (tertiary/aromatic N) is 1. The zero-order chi connectivity index (χ0) is 22.0. The van der Waals surface area contributed by atoms with Crippen LogP contribution in [0, 0.1) is 0 Å². The van der Waals surface area contributed by atoms with Crippen LogP contribution in [0.15, 0.2) is 64.0 Å². The number of hydrogen-bond acceptors (Lipinski definition) is 4. The lowest BCUT2D eigenvalue weighted by molar-refractivity contribution is -0.137. The highest BCUT2D eigenvalue weighted by Crippen LogP contribution is 2.36. The Hall–Kier alpha value is -3.55. The molecule has 8 heteroatoms. The molecule has 1 fully saturated rings. The topological polar surface area (TPSA) is 62.6 Å². The number of carbonyl (C=O) groups is 1. The van der Waals surface area contributed by atoms with Crippen molar-refractivity contribution in [2.75, 3.05) is 23.3 Å². The highest BCUT2D eigenvalue weighted by molar-refractivity contribution is 6.04. The van der Waals surface area contributed by atoms with Gasteiger partial charge in [-0.2, -0.15) is 13.2 Å². The molecule has 0 saturated carbocycles. The Morgan fingerprint density at radius 1 is 1.10 bits per heavy atom. The van der Waals surface area contributed by atoms with Crippen LogP contribution in [0.5, 0.6) is 0 Å². The van der Waals surface area contributed by atoms with Crippen molar-refractivity contribution in [2.45, 2.75) is 19.0 Å². The fraction of sp³-hybridized carbons (Fsp3) is 0.217. The van der Waals surface area contributed by atoms with Crippen molar-refractivity contribution in [2.24, 2.45) is 0 Å². The van der Waals surface area contributed by atoms with E-state index in [9.17, 15) is 22.8 Å². The van der Waals surface area contributed by atoms with Gasteiger partial charge in [-0.25, -0.2) is 0 Å². The summed E-state index contributed by atoms with van der Waals surface area (Å²) in [5, 5.41) is 2.90. The van der Waals surface area contributed by atoms with Gasteiger partial charge < -0.3 is 14.6 Å². The molecule has 1 aliphatic heterocycles. The van der Waals surface area contributed by atoms with Crippen molar-refractivity contribution < 1.29 is 22.4 Å². The zero-order valence-electron chi connectivity index (χ0n) is 16.4. The monoisotopic (exact) mass is 428 g/mol. The maximum Gasteiger partial charge on any atom is 0.416 e. The lowest BCUT2D eigenvalue weighted by atomic mass is 10.1. The molecule has 1 aliphatic rings. The van der Waals surface area contributed by atoms with E-state index in [4.69, 9.17) is 4.42 Å². The normalized spacial score (nSPS) is 14.5. The first-order chi connectivity index (χ1) is 14.8. The first kappa shape index (κ1) is 20.7. The molecule has 1 saturated heterocycles. The molecule has 31 heavy (non-hydrogen) atoms. The Bertz CT molecular complexity index is 1210. The van der Waals surface area contributed by atoms with Gasteiger partial charge in [-0.15, -0.1) is 0 Å². The van der Waals surface area contributed by atoms with Crippen molar-refractivity contribution in [3.8, 4) is 0 Å². The molecule has 3 aromatic rings. The number of carbonyl (C=O) groups excluding carboxylic acids is 1. The van der Waals surface area contributed by atoms with Gasteiger partial charge in [0.2, 0.25) is 5.91 Å². The molecule has 1 aromatic heterocycles. The molecule has 1 N–H and O–H groups in total. The van der Waals surface area contributed by atoms with E-state index in [-0.39, 0.29) is 16.7 Å². The molecule has 160 valence electrons. The van der Waals surface area contributed by atoms with Crippen molar-refractivity contribution in [3.05, 3.63) is 76.2 Å². The molecule has 2 heterocycles. The van der Waals surface area contributed by atoms with Crippen LogP contribution < -0.4 is 15.6 Å². The van der Waals surface area contributed by atoms with Gasteiger partial charge in [0.15, 0.2) is 5.43 Å². The minimum absolute atomic E-state index is 0.0805. The highest BCUT2D eigenvalue weighted by atomic mass is 19.4. The molecule has 0 atom stereocenters. The molecule has 4 rings (SSSR count). The fourth-order valence-electron chi connectivity index (χ4n) is 3.59. The second-order valence-electron chi connectivity index (χ2n) is 7.26. The number of para-hydroxylation sites is 1. The van der Waals surface area contributed by atoms with E-state index in [1.165, 1.54) is 18.4 Å². The summed E-state index contributed by atoms with van der Waals surface area (Å²) in [6.07, 6.45) is 0.987. The summed E-state index contributed by atoms with van der Waals surface area (Å²) in [7, 11) is 0. The van der Waals surface area contributed by atoms with Crippen LogP contribution in [0.25, 0.3) is 17.0 Å². The lowest BCUT2D eigenvalue weighted by Gasteiger charge is -2.22. The second-order valence-corrected chi connectivity index (χ2v) is 7.26. The van der Waals surface area contributed by atoms with Crippen LogP contribution in [-0.4, -0.2) is 19.0 Å². The first-order valence-corrected chi connectivity index (χ1v) is 9.79. The minimum atomic E-state index is -4.52. The number of anilines is 2. The number of halogens is 3. The summed E-state index contributed by atoms with van der Waals surface area (Å²) in [6, 6.07) is 10.0. The number of alkyl halides is 3. The van der Waals surface area contributed by atoms with Crippen LogP contribution in [-0.2, 0) is 11.0 Å². The molecule has 0 bridgehead atoms. The van der Waals surface area contributed by atoms with E-state index in [1.807, 2.05) is 4.90 Å². The number of nitrogens with one attached hydrogen (secondary N) is 1. The SMILES string of the molecule is O=C(/C=C/c1coc2ccccc2c1=O)Nc1cc(C(F)(F)F)ccc1N1CCCC1. The summed E-state index contributed by atoms with van der Waals surface area (Å²) < 4.78 is 44.9. The van der Waals surface area contributed by atoms with E-state index < -0.39 is 17.6 Å². The summed E-state index contributed by atoms with van der Waals surface area (Å²) in [4.78, 5) is 26.9. The second kappa shape index (κ2) is 8.29. The van der Waals surface area contributed by atoms with Gasteiger partial charge in [-0.3, -0.25) is 9.59 Å². The predicted molar refractivity (Wildman–Crippen MR) is 113 cm³/mol.